The first-order valence-corrected chi connectivity index (χ1v) is 7.47. The molecule has 5 heteroatoms. The van der Waals surface area contributed by atoms with Crippen molar-refractivity contribution in [1.29, 1.82) is 0 Å². The minimum Gasteiger partial charge on any atom is -0.393 e. The number of pyridine rings is 1. The average Bonchev–Trinajstić information content (AvgIpc) is 2.81. The van der Waals surface area contributed by atoms with Crippen molar-refractivity contribution in [2.24, 2.45) is 5.92 Å². The molecular formula is C15H21ClN2O2. The van der Waals surface area contributed by atoms with E-state index in [9.17, 15) is 9.90 Å². The van der Waals surface area contributed by atoms with Crippen molar-refractivity contribution in [2.45, 2.75) is 45.1 Å². The van der Waals surface area contributed by atoms with E-state index < -0.39 is 0 Å². The molecule has 1 aliphatic carbocycles. The van der Waals surface area contributed by atoms with Gasteiger partial charge in [-0.3, -0.25) is 4.79 Å². The zero-order valence-electron chi connectivity index (χ0n) is 11.9. The molecule has 0 bridgehead atoms. The first-order chi connectivity index (χ1) is 9.45. The Balaban J connectivity index is 1.98. The van der Waals surface area contributed by atoms with Gasteiger partial charge in [0.05, 0.1) is 6.10 Å². The second kappa shape index (κ2) is 6.55. The van der Waals surface area contributed by atoms with Gasteiger partial charge >= 0.3 is 0 Å². The minimum absolute atomic E-state index is 0.127. The van der Waals surface area contributed by atoms with E-state index in [1.807, 2.05) is 13.8 Å². The van der Waals surface area contributed by atoms with Crippen LogP contribution in [0.2, 0.25) is 5.15 Å². The third kappa shape index (κ3) is 3.93. The topological polar surface area (TPSA) is 62.2 Å². The molecule has 0 spiro atoms. The number of amides is 1. The molecule has 4 nitrogen and oxygen atoms in total. The number of rotatable bonds is 4. The molecule has 1 aliphatic rings. The predicted molar refractivity (Wildman–Crippen MR) is 79.0 cm³/mol. The molecule has 1 heterocycles. The lowest BCUT2D eigenvalue weighted by atomic mass is 10.1. The number of nitrogens with zero attached hydrogens (tertiary/aromatic N) is 1. The van der Waals surface area contributed by atoms with Crippen molar-refractivity contribution in [1.82, 2.24) is 10.3 Å². The molecular weight excluding hydrogens is 276 g/mol. The Hall–Kier alpha value is -1.13. The summed E-state index contributed by atoms with van der Waals surface area (Å²) in [5.41, 5.74) is 1.37. The van der Waals surface area contributed by atoms with Crippen molar-refractivity contribution in [3.05, 3.63) is 28.5 Å². The van der Waals surface area contributed by atoms with Crippen molar-refractivity contribution in [2.75, 3.05) is 6.54 Å². The lowest BCUT2D eigenvalue weighted by Gasteiger charge is -2.12. The van der Waals surface area contributed by atoms with Crippen LogP contribution in [0.1, 0.15) is 55.1 Å². The molecule has 1 amide bonds. The van der Waals surface area contributed by atoms with Crippen LogP contribution in [0.4, 0.5) is 0 Å². The summed E-state index contributed by atoms with van der Waals surface area (Å²) in [6.07, 6.45) is 2.36. The maximum atomic E-state index is 12.1. The Bertz CT molecular complexity index is 491. The monoisotopic (exact) mass is 296 g/mol. The molecule has 20 heavy (non-hydrogen) atoms. The van der Waals surface area contributed by atoms with Gasteiger partial charge in [-0.2, -0.15) is 0 Å². The molecule has 0 saturated heterocycles. The van der Waals surface area contributed by atoms with Gasteiger partial charge in [0, 0.05) is 17.8 Å². The van der Waals surface area contributed by atoms with Crippen molar-refractivity contribution >= 4 is 17.5 Å². The minimum atomic E-state index is -0.209. The van der Waals surface area contributed by atoms with Gasteiger partial charge in [0.25, 0.3) is 5.91 Å². The van der Waals surface area contributed by atoms with Crippen LogP contribution < -0.4 is 5.32 Å². The van der Waals surface area contributed by atoms with E-state index in [2.05, 4.69) is 10.3 Å². The van der Waals surface area contributed by atoms with E-state index in [4.69, 9.17) is 11.6 Å². The predicted octanol–water partition coefficient (Wildman–Crippen LogP) is 2.75. The quantitative estimate of drug-likeness (QED) is 0.840. The third-order valence-corrected chi connectivity index (χ3v) is 3.93. The molecule has 0 aliphatic heterocycles. The number of aliphatic hydroxyl groups excluding tert-OH is 1. The average molecular weight is 297 g/mol. The second-order valence-corrected chi connectivity index (χ2v) is 6.19. The van der Waals surface area contributed by atoms with E-state index in [1.54, 1.807) is 12.1 Å². The molecule has 0 aromatic carbocycles. The molecule has 0 radical (unpaired) electrons. The highest BCUT2D eigenvalue weighted by molar-refractivity contribution is 6.29. The summed E-state index contributed by atoms with van der Waals surface area (Å²) in [6, 6.07) is 3.38. The molecule has 110 valence electrons. The standard InChI is InChI=1S/C15H21ClN2O2/c1-9(2)13-6-11(7-14(16)18-13)15(20)17-8-10-3-4-12(19)5-10/h6-7,9-10,12,19H,3-5,8H2,1-2H3,(H,17,20). The van der Waals surface area contributed by atoms with Crippen LogP contribution in [0.5, 0.6) is 0 Å². The van der Waals surface area contributed by atoms with Gasteiger partial charge in [0.15, 0.2) is 0 Å². The molecule has 1 aromatic heterocycles. The van der Waals surface area contributed by atoms with Gasteiger partial charge in [-0.25, -0.2) is 4.98 Å². The number of halogens is 1. The highest BCUT2D eigenvalue weighted by Gasteiger charge is 2.23. The highest BCUT2D eigenvalue weighted by atomic mass is 35.5. The smallest absolute Gasteiger partial charge is 0.251 e. The molecule has 1 saturated carbocycles. The highest BCUT2D eigenvalue weighted by Crippen LogP contribution is 2.24. The Kier molecular flexibility index (Phi) is 5.00. The Morgan fingerprint density at radius 3 is 2.85 bits per heavy atom. The number of nitrogens with one attached hydrogen (secondary N) is 1. The van der Waals surface area contributed by atoms with Crippen LogP contribution in [0.3, 0.4) is 0 Å². The van der Waals surface area contributed by atoms with Gasteiger partial charge in [-0.15, -0.1) is 0 Å². The van der Waals surface area contributed by atoms with Crippen LogP contribution in [0.25, 0.3) is 0 Å². The van der Waals surface area contributed by atoms with E-state index >= 15 is 0 Å². The van der Waals surface area contributed by atoms with E-state index in [0.29, 0.717) is 23.2 Å². The molecule has 2 atom stereocenters. The largest absolute Gasteiger partial charge is 0.393 e. The number of hydrogen-bond acceptors (Lipinski definition) is 3. The number of hydrogen-bond donors (Lipinski definition) is 2. The van der Waals surface area contributed by atoms with Crippen molar-refractivity contribution in [3.8, 4) is 0 Å². The Labute approximate surface area is 124 Å². The van der Waals surface area contributed by atoms with Gasteiger partial charge in [-0.05, 0) is 43.2 Å². The Morgan fingerprint density at radius 1 is 1.50 bits per heavy atom. The first-order valence-electron chi connectivity index (χ1n) is 7.09. The van der Waals surface area contributed by atoms with Crippen molar-refractivity contribution in [3.63, 3.8) is 0 Å². The zero-order valence-corrected chi connectivity index (χ0v) is 12.7. The molecule has 2 unspecified atom stereocenters. The summed E-state index contributed by atoms with van der Waals surface area (Å²) in [4.78, 5) is 16.4. The summed E-state index contributed by atoms with van der Waals surface area (Å²) in [5, 5.41) is 12.7. The van der Waals surface area contributed by atoms with Crippen LogP contribution in [-0.2, 0) is 0 Å². The van der Waals surface area contributed by atoms with E-state index in [0.717, 1.165) is 25.0 Å². The normalized spacial score (nSPS) is 22.2. The fraction of sp³-hybridized carbons (Fsp3) is 0.600. The summed E-state index contributed by atoms with van der Waals surface area (Å²) < 4.78 is 0. The number of carbonyl (C=O) groups excluding carboxylic acids is 1. The molecule has 2 rings (SSSR count). The SMILES string of the molecule is CC(C)c1cc(C(=O)NCC2CCC(O)C2)cc(Cl)n1. The number of carbonyl (C=O) groups is 1. The van der Waals surface area contributed by atoms with Crippen LogP contribution in [-0.4, -0.2) is 28.6 Å². The summed E-state index contributed by atoms with van der Waals surface area (Å²) >= 11 is 5.96. The number of aromatic nitrogens is 1. The Morgan fingerprint density at radius 2 is 2.25 bits per heavy atom. The maximum absolute atomic E-state index is 12.1. The lowest BCUT2D eigenvalue weighted by molar-refractivity contribution is 0.0945. The van der Waals surface area contributed by atoms with E-state index in [1.165, 1.54) is 0 Å². The van der Waals surface area contributed by atoms with Crippen LogP contribution in [0, 0.1) is 5.92 Å². The van der Waals surface area contributed by atoms with Gasteiger partial charge in [-0.1, -0.05) is 25.4 Å². The van der Waals surface area contributed by atoms with E-state index in [-0.39, 0.29) is 17.9 Å². The summed E-state index contributed by atoms with van der Waals surface area (Å²) in [5.74, 6) is 0.471. The van der Waals surface area contributed by atoms with Crippen LogP contribution >= 0.6 is 11.6 Å². The van der Waals surface area contributed by atoms with Crippen LogP contribution in [0.15, 0.2) is 12.1 Å². The molecule has 1 fully saturated rings. The van der Waals surface area contributed by atoms with Crippen molar-refractivity contribution < 1.29 is 9.90 Å². The fourth-order valence-electron chi connectivity index (χ4n) is 2.52. The summed E-state index contributed by atoms with van der Waals surface area (Å²) in [7, 11) is 0. The third-order valence-electron chi connectivity index (χ3n) is 3.73. The lowest BCUT2D eigenvalue weighted by Crippen LogP contribution is -2.28. The maximum Gasteiger partial charge on any atom is 0.251 e. The number of aliphatic hydroxyl groups is 1. The molecule has 2 N–H and O–H groups in total. The van der Waals surface area contributed by atoms with Gasteiger partial charge < -0.3 is 10.4 Å². The molecule has 1 aromatic rings. The first kappa shape index (κ1) is 15.3. The summed E-state index contributed by atoms with van der Waals surface area (Å²) in [6.45, 7) is 4.63. The fourth-order valence-corrected chi connectivity index (χ4v) is 2.73. The zero-order chi connectivity index (χ0) is 14.7. The van der Waals surface area contributed by atoms with Gasteiger partial charge in [0.2, 0.25) is 0 Å². The van der Waals surface area contributed by atoms with Gasteiger partial charge in [0.1, 0.15) is 5.15 Å². The second-order valence-electron chi connectivity index (χ2n) is 5.80.